The van der Waals surface area contributed by atoms with Crippen LogP contribution in [-0.2, 0) is 6.61 Å². The number of benzene rings is 3. The molecule has 0 spiro atoms. The minimum atomic E-state index is 0.438. The van der Waals surface area contributed by atoms with E-state index in [1.807, 2.05) is 73.7 Å². The predicted octanol–water partition coefficient (Wildman–Crippen LogP) is 7.10. The molecule has 0 saturated heterocycles. The van der Waals surface area contributed by atoms with Crippen molar-refractivity contribution in [2.24, 2.45) is 0 Å². The Morgan fingerprint density at radius 3 is 2.39 bits per heavy atom. The number of hydrogen-bond donors (Lipinski definition) is 0. The van der Waals surface area contributed by atoms with Crippen LogP contribution in [0.4, 0.5) is 0 Å². The van der Waals surface area contributed by atoms with E-state index in [0.717, 1.165) is 30.5 Å². The first-order valence-electron chi connectivity index (χ1n) is 9.63. The summed E-state index contributed by atoms with van der Waals surface area (Å²) in [6, 6.07) is 21.6. The second-order valence-corrected chi connectivity index (χ2v) is 8.65. The Morgan fingerprint density at radius 1 is 1.06 bits per heavy atom. The van der Waals surface area contributed by atoms with Gasteiger partial charge in [-0.1, -0.05) is 28.1 Å². The standard InChI is InChI=1S/C25H21BrINO3/c1-3-30-24-14-18(12-20(15-28)19-6-10-22(29-2)11-7-19)13-23(27)25(24)31-16-17-4-8-21(26)9-5-17/h4-14H,3,16H2,1-2H3/b20-12+. The van der Waals surface area contributed by atoms with E-state index in [1.54, 1.807) is 7.11 Å². The molecule has 3 aromatic rings. The Labute approximate surface area is 204 Å². The quantitative estimate of drug-likeness (QED) is 0.160. The fourth-order valence-electron chi connectivity index (χ4n) is 2.93. The molecule has 0 aliphatic carbocycles. The van der Waals surface area contributed by atoms with Crippen molar-refractivity contribution >= 4 is 50.2 Å². The van der Waals surface area contributed by atoms with E-state index in [4.69, 9.17) is 14.2 Å². The van der Waals surface area contributed by atoms with Gasteiger partial charge in [-0.05, 0) is 101 Å². The van der Waals surface area contributed by atoms with Gasteiger partial charge in [0, 0.05) is 4.47 Å². The molecule has 0 saturated carbocycles. The molecule has 0 bridgehead atoms. The zero-order valence-corrected chi connectivity index (χ0v) is 20.9. The summed E-state index contributed by atoms with van der Waals surface area (Å²) in [5.41, 5.74) is 3.32. The highest BCUT2D eigenvalue weighted by atomic mass is 127. The van der Waals surface area contributed by atoms with E-state index >= 15 is 0 Å². The fraction of sp³-hybridized carbons (Fsp3) is 0.160. The lowest BCUT2D eigenvalue weighted by Crippen LogP contribution is -2.02. The summed E-state index contributed by atoms with van der Waals surface area (Å²) in [5, 5.41) is 9.68. The third-order valence-corrected chi connectivity index (χ3v) is 5.79. The van der Waals surface area contributed by atoms with Crippen molar-refractivity contribution in [1.29, 1.82) is 5.26 Å². The predicted molar refractivity (Wildman–Crippen MR) is 135 cm³/mol. The van der Waals surface area contributed by atoms with E-state index in [1.165, 1.54) is 0 Å². The third kappa shape index (κ3) is 6.25. The number of nitrogens with zero attached hydrogens (tertiary/aromatic N) is 1. The van der Waals surface area contributed by atoms with E-state index in [9.17, 15) is 5.26 Å². The Morgan fingerprint density at radius 2 is 1.77 bits per heavy atom. The van der Waals surface area contributed by atoms with Gasteiger partial charge in [0.15, 0.2) is 11.5 Å². The highest BCUT2D eigenvalue weighted by molar-refractivity contribution is 14.1. The molecular formula is C25H21BrINO3. The topological polar surface area (TPSA) is 51.5 Å². The summed E-state index contributed by atoms with van der Waals surface area (Å²) in [7, 11) is 1.62. The number of halogens is 2. The second kappa shape index (κ2) is 11.2. The smallest absolute Gasteiger partial charge is 0.175 e. The molecule has 0 fully saturated rings. The van der Waals surface area contributed by atoms with Gasteiger partial charge in [-0.15, -0.1) is 0 Å². The zero-order valence-electron chi connectivity index (χ0n) is 17.2. The van der Waals surface area contributed by atoms with Gasteiger partial charge in [0.05, 0.1) is 28.9 Å². The molecule has 3 aromatic carbocycles. The van der Waals surface area contributed by atoms with Crippen LogP contribution < -0.4 is 14.2 Å². The molecule has 0 aromatic heterocycles. The molecule has 0 aliphatic rings. The van der Waals surface area contributed by atoms with Gasteiger partial charge in [0.1, 0.15) is 12.4 Å². The number of hydrogen-bond acceptors (Lipinski definition) is 4. The maximum atomic E-state index is 9.68. The van der Waals surface area contributed by atoms with Gasteiger partial charge in [0.25, 0.3) is 0 Å². The second-order valence-electron chi connectivity index (χ2n) is 6.58. The maximum absolute atomic E-state index is 9.68. The first kappa shape index (κ1) is 23.2. The van der Waals surface area contributed by atoms with Crippen LogP contribution in [-0.4, -0.2) is 13.7 Å². The molecule has 31 heavy (non-hydrogen) atoms. The van der Waals surface area contributed by atoms with Crippen molar-refractivity contribution in [2.75, 3.05) is 13.7 Å². The summed E-state index contributed by atoms with van der Waals surface area (Å²) in [4.78, 5) is 0. The van der Waals surface area contributed by atoms with Crippen LogP contribution in [0.25, 0.3) is 11.6 Å². The van der Waals surface area contributed by atoms with Gasteiger partial charge in [-0.2, -0.15) is 5.26 Å². The van der Waals surface area contributed by atoms with Crippen LogP contribution in [0.2, 0.25) is 0 Å². The van der Waals surface area contributed by atoms with Crippen LogP contribution in [0.1, 0.15) is 23.6 Å². The van der Waals surface area contributed by atoms with Crippen LogP contribution in [0, 0.1) is 14.9 Å². The van der Waals surface area contributed by atoms with Crippen molar-refractivity contribution in [2.45, 2.75) is 13.5 Å². The molecule has 0 atom stereocenters. The van der Waals surface area contributed by atoms with Gasteiger partial charge in [-0.3, -0.25) is 0 Å². The van der Waals surface area contributed by atoms with Crippen molar-refractivity contribution in [1.82, 2.24) is 0 Å². The average Bonchev–Trinajstić information content (AvgIpc) is 2.78. The largest absolute Gasteiger partial charge is 0.497 e. The fourth-order valence-corrected chi connectivity index (χ4v) is 3.97. The Kier molecular flexibility index (Phi) is 8.38. The lowest BCUT2D eigenvalue weighted by molar-refractivity contribution is 0.267. The lowest BCUT2D eigenvalue weighted by Gasteiger charge is -2.15. The van der Waals surface area contributed by atoms with Crippen molar-refractivity contribution in [3.05, 3.63) is 85.4 Å². The molecule has 3 rings (SSSR count). The molecule has 6 heteroatoms. The number of rotatable bonds is 8. The molecule has 4 nitrogen and oxygen atoms in total. The van der Waals surface area contributed by atoms with E-state index in [2.05, 4.69) is 44.6 Å². The monoisotopic (exact) mass is 589 g/mol. The van der Waals surface area contributed by atoms with Gasteiger partial charge < -0.3 is 14.2 Å². The van der Waals surface area contributed by atoms with Crippen molar-refractivity contribution in [3.8, 4) is 23.3 Å². The summed E-state index contributed by atoms with van der Waals surface area (Å²) in [5.74, 6) is 2.11. The van der Waals surface area contributed by atoms with E-state index < -0.39 is 0 Å². The van der Waals surface area contributed by atoms with Crippen molar-refractivity contribution in [3.63, 3.8) is 0 Å². The number of methoxy groups -OCH3 is 1. The molecule has 0 radical (unpaired) electrons. The summed E-state index contributed by atoms with van der Waals surface area (Å²) in [6.45, 7) is 2.89. The third-order valence-electron chi connectivity index (χ3n) is 4.46. The Hall–Kier alpha value is -2.50. The normalized spacial score (nSPS) is 11.0. The molecule has 0 heterocycles. The molecule has 0 amide bonds. The summed E-state index contributed by atoms with van der Waals surface area (Å²) >= 11 is 5.69. The van der Waals surface area contributed by atoms with Crippen LogP contribution in [0.5, 0.6) is 17.2 Å². The summed E-state index contributed by atoms with van der Waals surface area (Å²) < 4.78 is 19.1. The van der Waals surface area contributed by atoms with E-state index in [0.29, 0.717) is 30.3 Å². The van der Waals surface area contributed by atoms with Crippen LogP contribution >= 0.6 is 38.5 Å². The van der Waals surface area contributed by atoms with Gasteiger partial charge in [-0.25, -0.2) is 0 Å². The molecule has 0 aliphatic heterocycles. The molecule has 0 unspecified atom stereocenters. The number of allylic oxidation sites excluding steroid dienone is 1. The van der Waals surface area contributed by atoms with Crippen LogP contribution in [0.15, 0.2) is 65.1 Å². The zero-order chi connectivity index (χ0) is 22.2. The van der Waals surface area contributed by atoms with Crippen molar-refractivity contribution < 1.29 is 14.2 Å². The first-order valence-corrected chi connectivity index (χ1v) is 11.5. The highest BCUT2D eigenvalue weighted by Gasteiger charge is 2.13. The van der Waals surface area contributed by atoms with Gasteiger partial charge in [0.2, 0.25) is 0 Å². The average molecular weight is 590 g/mol. The molecular weight excluding hydrogens is 569 g/mol. The number of nitriles is 1. The Bertz CT molecular complexity index is 1100. The molecule has 158 valence electrons. The minimum absolute atomic E-state index is 0.438. The molecule has 0 N–H and O–H groups in total. The van der Waals surface area contributed by atoms with Crippen LogP contribution in [0.3, 0.4) is 0 Å². The SMILES string of the molecule is CCOc1cc(/C=C(\C#N)c2ccc(OC)cc2)cc(I)c1OCc1ccc(Br)cc1. The van der Waals surface area contributed by atoms with Gasteiger partial charge >= 0.3 is 0 Å². The lowest BCUT2D eigenvalue weighted by atomic mass is 10.0. The maximum Gasteiger partial charge on any atom is 0.175 e. The van der Waals surface area contributed by atoms with E-state index in [-0.39, 0.29) is 0 Å². The Balaban J connectivity index is 1.89. The first-order chi connectivity index (χ1) is 15.0. The highest BCUT2D eigenvalue weighted by Crippen LogP contribution is 2.36. The summed E-state index contributed by atoms with van der Waals surface area (Å²) in [6.07, 6.45) is 1.85. The number of ether oxygens (including phenoxy) is 3. The minimum Gasteiger partial charge on any atom is -0.497 e.